The summed E-state index contributed by atoms with van der Waals surface area (Å²) in [5.41, 5.74) is 0. The van der Waals surface area contributed by atoms with Gasteiger partial charge in [0.25, 0.3) is 11.2 Å². The molecule has 1 heterocycles. The summed E-state index contributed by atoms with van der Waals surface area (Å²) >= 11 is -1.49. The Morgan fingerprint density at radius 3 is 2.57 bits per heavy atom. The van der Waals surface area contributed by atoms with Crippen molar-refractivity contribution in [3.8, 4) is 0 Å². The van der Waals surface area contributed by atoms with Crippen molar-refractivity contribution in [2.24, 2.45) is 4.40 Å². The lowest BCUT2D eigenvalue weighted by atomic mass is 10.7. The third-order valence-electron chi connectivity index (χ3n) is 0.635. The van der Waals surface area contributed by atoms with E-state index in [1.165, 1.54) is 0 Å². The molecule has 0 spiro atoms. The molecule has 1 unspecified atom stereocenters. The van der Waals surface area contributed by atoms with Crippen LogP contribution in [-0.4, -0.2) is 19.7 Å². The predicted octanol–water partition coefficient (Wildman–Crippen LogP) is -0.312. The van der Waals surface area contributed by atoms with E-state index in [0.717, 1.165) is 0 Å². The molecule has 0 radical (unpaired) electrons. The zero-order valence-electron chi connectivity index (χ0n) is 3.66. The molecule has 0 fully saturated rings. The summed E-state index contributed by atoms with van der Waals surface area (Å²) in [5, 5.41) is 8.39. The molecule has 0 amide bonds. The Bertz CT molecular complexity index is 143. The smallest absolute Gasteiger partial charge is 0.273 e. The predicted molar refractivity (Wildman–Crippen MR) is 24.9 cm³/mol. The van der Waals surface area contributed by atoms with Gasteiger partial charge in [0, 0.05) is 0 Å². The summed E-state index contributed by atoms with van der Waals surface area (Å²) in [4.78, 5) is 0. The van der Waals surface area contributed by atoms with Crippen molar-refractivity contribution in [2.75, 3.05) is 0 Å². The molecule has 1 aliphatic rings. The second kappa shape index (κ2) is 1.28. The average Bonchev–Trinajstić information content (AvgIpc) is 1.68. The fourth-order valence-corrected chi connectivity index (χ4v) is 0.801. The summed E-state index contributed by atoms with van der Waals surface area (Å²) in [6.07, 6.45) is 0. The van der Waals surface area contributed by atoms with Gasteiger partial charge in [-0.2, -0.15) is 0 Å². The second-order valence-corrected chi connectivity index (χ2v) is 2.13. The van der Waals surface area contributed by atoms with E-state index in [0.29, 0.717) is 10.3 Å². The zero-order valence-corrected chi connectivity index (χ0v) is 4.47. The zero-order chi connectivity index (χ0) is 5.44. The minimum atomic E-state index is -1.49. The van der Waals surface area contributed by atoms with Crippen molar-refractivity contribution in [3.05, 3.63) is 0 Å². The first kappa shape index (κ1) is 4.73. The number of hydrogen-bond donors (Lipinski definition) is 1. The van der Waals surface area contributed by atoms with Crippen molar-refractivity contribution in [1.29, 1.82) is 0 Å². The summed E-state index contributed by atoms with van der Waals surface area (Å²) in [6.45, 7) is 1.57. The van der Waals surface area contributed by atoms with Gasteiger partial charge in [0.1, 0.15) is 0 Å². The maximum atomic E-state index is 10.0. The van der Waals surface area contributed by atoms with Gasteiger partial charge in [0.15, 0.2) is 5.84 Å². The largest absolute Gasteiger partial charge is 0.273 e. The maximum Gasteiger partial charge on any atom is 0.273 e. The van der Waals surface area contributed by atoms with Crippen molar-refractivity contribution >= 4 is 17.0 Å². The van der Waals surface area contributed by atoms with Crippen LogP contribution in [0.5, 0.6) is 0 Å². The van der Waals surface area contributed by atoms with Crippen LogP contribution in [0.1, 0.15) is 6.92 Å². The highest BCUT2D eigenvalue weighted by molar-refractivity contribution is 7.83. The van der Waals surface area contributed by atoms with E-state index in [1.807, 2.05) is 0 Å². The SMILES string of the molecule is CC1=NS(=O)N1O. The lowest BCUT2D eigenvalue weighted by Gasteiger charge is -2.18. The van der Waals surface area contributed by atoms with Gasteiger partial charge in [-0.1, -0.05) is 0 Å². The van der Waals surface area contributed by atoms with Gasteiger partial charge < -0.3 is 0 Å². The molecule has 4 nitrogen and oxygen atoms in total. The summed E-state index contributed by atoms with van der Waals surface area (Å²) in [5.74, 6) is 0.401. The Balaban J connectivity index is 2.75. The first-order chi connectivity index (χ1) is 3.22. The number of amidine groups is 1. The van der Waals surface area contributed by atoms with Crippen molar-refractivity contribution in [3.63, 3.8) is 0 Å². The maximum absolute atomic E-state index is 10.0. The molecule has 1 atom stereocenters. The number of rotatable bonds is 0. The second-order valence-electron chi connectivity index (χ2n) is 1.14. The lowest BCUT2D eigenvalue weighted by Crippen LogP contribution is -2.34. The van der Waals surface area contributed by atoms with E-state index >= 15 is 0 Å². The van der Waals surface area contributed by atoms with Crippen LogP contribution in [-0.2, 0) is 11.2 Å². The van der Waals surface area contributed by atoms with Crippen LogP contribution in [0.4, 0.5) is 0 Å². The molecule has 0 aromatic carbocycles. The standard InChI is InChI=1S/C2H4N2O2S/c1-2-3-7(6)4(2)5/h5H,1H3. The van der Waals surface area contributed by atoms with Crippen molar-refractivity contribution < 1.29 is 9.42 Å². The number of hydroxylamine groups is 1. The molecule has 5 heteroatoms. The first-order valence-corrected chi connectivity index (χ1v) is 2.74. The van der Waals surface area contributed by atoms with Gasteiger partial charge in [0.05, 0.1) is 0 Å². The van der Waals surface area contributed by atoms with E-state index < -0.39 is 11.2 Å². The quantitative estimate of drug-likeness (QED) is 0.476. The topological polar surface area (TPSA) is 52.9 Å². The molecular formula is C2H4N2O2S. The van der Waals surface area contributed by atoms with Crippen LogP contribution >= 0.6 is 0 Å². The van der Waals surface area contributed by atoms with E-state index in [-0.39, 0.29) is 0 Å². The first-order valence-electron chi connectivity index (χ1n) is 1.68. The molecule has 0 aromatic rings. The van der Waals surface area contributed by atoms with Gasteiger partial charge in [-0.15, -0.1) is 8.87 Å². The van der Waals surface area contributed by atoms with Crippen molar-refractivity contribution in [2.45, 2.75) is 6.92 Å². The van der Waals surface area contributed by atoms with Gasteiger partial charge in [-0.3, -0.25) is 5.21 Å². The molecule has 0 saturated carbocycles. The van der Waals surface area contributed by atoms with Gasteiger partial charge in [0.2, 0.25) is 0 Å². The van der Waals surface area contributed by atoms with Crippen LogP contribution in [0.25, 0.3) is 0 Å². The van der Waals surface area contributed by atoms with E-state index in [1.54, 1.807) is 6.92 Å². The Kier molecular flexibility index (Phi) is 0.862. The van der Waals surface area contributed by atoms with Crippen molar-refractivity contribution in [1.82, 2.24) is 4.47 Å². The molecule has 7 heavy (non-hydrogen) atoms. The molecule has 1 rings (SSSR count). The third kappa shape index (κ3) is 0.533. The van der Waals surface area contributed by atoms with Crippen LogP contribution < -0.4 is 0 Å². The molecule has 40 valence electrons. The van der Waals surface area contributed by atoms with Crippen LogP contribution in [0, 0.1) is 0 Å². The highest BCUT2D eigenvalue weighted by Crippen LogP contribution is 2.05. The summed E-state index contributed by atoms with van der Waals surface area (Å²) in [7, 11) is 0. The van der Waals surface area contributed by atoms with Crippen LogP contribution in [0.15, 0.2) is 4.40 Å². The molecule has 1 aliphatic heterocycles. The highest BCUT2D eigenvalue weighted by atomic mass is 32.2. The fourth-order valence-electron chi connectivity index (χ4n) is 0.267. The molecule has 0 aliphatic carbocycles. The molecule has 0 saturated heterocycles. The molecule has 0 bridgehead atoms. The van der Waals surface area contributed by atoms with E-state index in [4.69, 9.17) is 5.21 Å². The summed E-state index contributed by atoms with van der Waals surface area (Å²) in [6, 6.07) is 0. The minimum Gasteiger partial charge on any atom is -0.273 e. The van der Waals surface area contributed by atoms with E-state index in [2.05, 4.69) is 4.40 Å². The van der Waals surface area contributed by atoms with Gasteiger partial charge in [-0.25, -0.2) is 4.21 Å². The Morgan fingerprint density at radius 2 is 2.57 bits per heavy atom. The lowest BCUT2D eigenvalue weighted by molar-refractivity contribution is 0.0786. The molecule has 0 aromatic heterocycles. The summed E-state index contributed by atoms with van der Waals surface area (Å²) < 4.78 is 14.0. The third-order valence-corrected chi connectivity index (χ3v) is 1.62. The van der Waals surface area contributed by atoms with Gasteiger partial charge in [-0.05, 0) is 6.92 Å². The van der Waals surface area contributed by atoms with Gasteiger partial charge >= 0.3 is 0 Å². The highest BCUT2D eigenvalue weighted by Gasteiger charge is 2.20. The Labute approximate surface area is 43.1 Å². The normalized spacial score (nSPS) is 29.1. The Hall–Kier alpha value is -0.420. The number of hydrogen-bond acceptors (Lipinski definition) is 2. The van der Waals surface area contributed by atoms with Crippen LogP contribution in [0.3, 0.4) is 0 Å². The molecule has 1 N–H and O–H groups in total. The molecular weight excluding hydrogens is 116 g/mol. The minimum absolute atomic E-state index is 0.401. The number of nitrogens with zero attached hydrogens (tertiary/aromatic N) is 2. The van der Waals surface area contributed by atoms with E-state index in [9.17, 15) is 4.21 Å². The van der Waals surface area contributed by atoms with Crippen LogP contribution in [0.2, 0.25) is 0 Å². The monoisotopic (exact) mass is 120 g/mol. The average molecular weight is 120 g/mol. The Morgan fingerprint density at radius 1 is 2.00 bits per heavy atom. The fraction of sp³-hybridized carbons (Fsp3) is 0.500.